The third kappa shape index (κ3) is 1.74. The molecular formula is C18H20N4O2. The SMILES string of the molecule is Cc1cccc2c1NC(=O)[C@@]21CC(=O)Nc2c1cnn2C(C)(C)C. The van der Waals surface area contributed by atoms with Crippen molar-refractivity contribution in [2.24, 2.45) is 0 Å². The van der Waals surface area contributed by atoms with Crippen LogP contribution in [0.3, 0.4) is 0 Å². The summed E-state index contributed by atoms with van der Waals surface area (Å²) < 4.78 is 1.78. The molecule has 4 rings (SSSR count). The highest BCUT2D eigenvalue weighted by Gasteiger charge is 2.54. The fourth-order valence-corrected chi connectivity index (χ4v) is 3.78. The second-order valence-corrected chi connectivity index (χ2v) is 7.57. The lowest BCUT2D eigenvalue weighted by Crippen LogP contribution is -2.44. The number of hydrogen-bond donors (Lipinski definition) is 2. The molecule has 1 aromatic carbocycles. The molecule has 2 N–H and O–H groups in total. The quantitative estimate of drug-likeness (QED) is 0.782. The number of rotatable bonds is 0. The summed E-state index contributed by atoms with van der Waals surface area (Å²) in [5, 5.41) is 10.4. The van der Waals surface area contributed by atoms with Crippen molar-refractivity contribution in [1.29, 1.82) is 0 Å². The lowest BCUT2D eigenvalue weighted by molar-refractivity contribution is -0.125. The Morgan fingerprint density at radius 2 is 1.92 bits per heavy atom. The maximum Gasteiger partial charge on any atom is 0.240 e. The van der Waals surface area contributed by atoms with E-state index in [1.54, 1.807) is 10.9 Å². The number of nitrogens with zero attached hydrogens (tertiary/aromatic N) is 2. The Labute approximate surface area is 140 Å². The maximum absolute atomic E-state index is 13.0. The Morgan fingerprint density at radius 3 is 2.62 bits per heavy atom. The normalized spacial score (nSPS) is 22.2. The predicted octanol–water partition coefficient (Wildman–Crippen LogP) is 2.53. The van der Waals surface area contributed by atoms with Crippen molar-refractivity contribution in [1.82, 2.24) is 9.78 Å². The van der Waals surface area contributed by atoms with Crippen LogP contribution in [0.1, 0.15) is 43.9 Å². The van der Waals surface area contributed by atoms with Crippen molar-refractivity contribution in [2.75, 3.05) is 10.6 Å². The summed E-state index contributed by atoms with van der Waals surface area (Å²) in [5.74, 6) is 0.289. The van der Waals surface area contributed by atoms with Crippen LogP contribution in [0.15, 0.2) is 24.4 Å². The molecule has 24 heavy (non-hydrogen) atoms. The molecule has 0 fully saturated rings. The number of anilines is 2. The molecule has 1 spiro atoms. The van der Waals surface area contributed by atoms with Crippen molar-refractivity contribution in [3.05, 3.63) is 41.1 Å². The lowest BCUT2D eigenvalue weighted by Gasteiger charge is -2.33. The van der Waals surface area contributed by atoms with Crippen LogP contribution in [0, 0.1) is 6.92 Å². The third-order valence-electron chi connectivity index (χ3n) is 4.91. The number of carbonyl (C=O) groups excluding carboxylic acids is 2. The second-order valence-electron chi connectivity index (χ2n) is 7.57. The summed E-state index contributed by atoms with van der Waals surface area (Å²) in [6, 6.07) is 5.81. The Bertz CT molecular complexity index is 891. The van der Waals surface area contributed by atoms with Crippen LogP contribution < -0.4 is 10.6 Å². The molecule has 2 amide bonds. The lowest BCUT2D eigenvalue weighted by atomic mass is 9.71. The van der Waals surface area contributed by atoms with E-state index in [1.165, 1.54) is 0 Å². The summed E-state index contributed by atoms with van der Waals surface area (Å²) in [6.45, 7) is 8.00. The first kappa shape index (κ1) is 14.9. The van der Waals surface area contributed by atoms with Crippen LogP contribution in [-0.4, -0.2) is 21.6 Å². The third-order valence-corrected chi connectivity index (χ3v) is 4.91. The van der Waals surface area contributed by atoms with Crippen LogP contribution in [0.25, 0.3) is 0 Å². The first-order valence-electron chi connectivity index (χ1n) is 8.05. The van der Waals surface area contributed by atoms with Crippen LogP contribution in [0.5, 0.6) is 0 Å². The van der Waals surface area contributed by atoms with Gasteiger partial charge in [-0.05, 0) is 38.8 Å². The van der Waals surface area contributed by atoms with E-state index < -0.39 is 5.41 Å². The summed E-state index contributed by atoms with van der Waals surface area (Å²) >= 11 is 0. The number of fused-ring (bicyclic) bond motifs is 4. The molecule has 6 heteroatoms. The van der Waals surface area contributed by atoms with E-state index in [2.05, 4.69) is 15.7 Å². The van der Waals surface area contributed by atoms with Gasteiger partial charge in [-0.1, -0.05) is 18.2 Å². The molecule has 6 nitrogen and oxygen atoms in total. The van der Waals surface area contributed by atoms with Crippen LogP contribution in [-0.2, 0) is 20.5 Å². The number of nitrogens with one attached hydrogen (secondary N) is 2. The average Bonchev–Trinajstić information content (AvgIpc) is 3.02. The standard InChI is InChI=1S/C18H20N4O2/c1-10-6-5-7-11-14(10)21-16(24)18(11)8-13(23)20-15-12(18)9-19-22(15)17(2,3)4/h5-7,9H,8H2,1-4H3,(H,20,23)(H,21,24)/t18-/m0/s1. The minimum Gasteiger partial charge on any atom is -0.324 e. The van der Waals surface area contributed by atoms with Gasteiger partial charge in [0.25, 0.3) is 0 Å². The van der Waals surface area contributed by atoms with Gasteiger partial charge in [0.05, 0.1) is 11.7 Å². The molecule has 0 aliphatic carbocycles. The molecule has 0 bridgehead atoms. The van der Waals surface area contributed by atoms with Gasteiger partial charge in [0.15, 0.2) is 0 Å². The Balaban J connectivity index is 2.03. The van der Waals surface area contributed by atoms with Crippen LogP contribution >= 0.6 is 0 Å². The molecular weight excluding hydrogens is 304 g/mol. The molecule has 2 aliphatic heterocycles. The van der Waals surface area contributed by atoms with Crippen molar-refractivity contribution >= 4 is 23.3 Å². The second kappa shape index (κ2) is 4.47. The zero-order valence-corrected chi connectivity index (χ0v) is 14.2. The molecule has 124 valence electrons. The molecule has 3 heterocycles. The predicted molar refractivity (Wildman–Crippen MR) is 91.1 cm³/mol. The minimum atomic E-state index is -0.998. The summed E-state index contributed by atoms with van der Waals surface area (Å²) in [6.07, 6.45) is 1.81. The van der Waals surface area contributed by atoms with E-state index in [9.17, 15) is 9.59 Å². The van der Waals surface area contributed by atoms with Gasteiger partial charge in [-0.2, -0.15) is 5.10 Å². The number of aryl methyl sites for hydroxylation is 1. The average molecular weight is 324 g/mol. The first-order valence-corrected chi connectivity index (χ1v) is 8.05. The van der Waals surface area contributed by atoms with E-state index in [-0.39, 0.29) is 23.8 Å². The zero-order valence-electron chi connectivity index (χ0n) is 14.2. The van der Waals surface area contributed by atoms with Crippen molar-refractivity contribution in [2.45, 2.75) is 45.1 Å². The molecule has 1 atom stereocenters. The minimum absolute atomic E-state index is 0.0954. The molecule has 0 saturated carbocycles. The summed E-state index contributed by atoms with van der Waals surface area (Å²) in [7, 11) is 0. The van der Waals surface area contributed by atoms with Gasteiger partial charge in [0.2, 0.25) is 11.8 Å². The molecule has 0 unspecified atom stereocenters. The Morgan fingerprint density at radius 1 is 1.17 bits per heavy atom. The number of aromatic nitrogens is 2. The van der Waals surface area contributed by atoms with E-state index in [1.807, 2.05) is 45.9 Å². The van der Waals surface area contributed by atoms with E-state index in [4.69, 9.17) is 0 Å². The van der Waals surface area contributed by atoms with E-state index >= 15 is 0 Å². The summed E-state index contributed by atoms with van der Waals surface area (Å²) in [5.41, 5.74) is 2.13. The Kier molecular flexibility index (Phi) is 2.78. The highest BCUT2D eigenvalue weighted by atomic mass is 16.2. The van der Waals surface area contributed by atoms with Gasteiger partial charge in [-0.15, -0.1) is 0 Å². The molecule has 1 aromatic heterocycles. The maximum atomic E-state index is 13.0. The fourth-order valence-electron chi connectivity index (χ4n) is 3.78. The number of hydrogen-bond acceptors (Lipinski definition) is 3. The molecule has 2 aliphatic rings. The molecule has 0 radical (unpaired) electrons. The smallest absolute Gasteiger partial charge is 0.240 e. The number of amides is 2. The number of para-hydroxylation sites is 1. The van der Waals surface area contributed by atoms with Crippen molar-refractivity contribution in [3.63, 3.8) is 0 Å². The highest BCUT2D eigenvalue weighted by molar-refractivity contribution is 6.14. The molecule has 0 saturated heterocycles. The van der Waals surface area contributed by atoms with Gasteiger partial charge in [-0.25, -0.2) is 4.68 Å². The van der Waals surface area contributed by atoms with Gasteiger partial charge in [0, 0.05) is 17.7 Å². The van der Waals surface area contributed by atoms with Gasteiger partial charge < -0.3 is 10.6 Å². The number of benzene rings is 1. The topological polar surface area (TPSA) is 76.0 Å². The van der Waals surface area contributed by atoms with Gasteiger partial charge >= 0.3 is 0 Å². The monoisotopic (exact) mass is 324 g/mol. The fraction of sp³-hybridized carbons (Fsp3) is 0.389. The van der Waals surface area contributed by atoms with Crippen molar-refractivity contribution < 1.29 is 9.59 Å². The van der Waals surface area contributed by atoms with Crippen LogP contribution in [0.2, 0.25) is 0 Å². The number of carbonyl (C=O) groups is 2. The van der Waals surface area contributed by atoms with Gasteiger partial charge in [0.1, 0.15) is 11.2 Å². The first-order chi connectivity index (χ1) is 11.2. The Hall–Kier alpha value is -2.63. The van der Waals surface area contributed by atoms with Crippen molar-refractivity contribution in [3.8, 4) is 0 Å². The van der Waals surface area contributed by atoms with E-state index in [0.717, 1.165) is 22.4 Å². The highest BCUT2D eigenvalue weighted by Crippen LogP contribution is 2.51. The van der Waals surface area contributed by atoms with E-state index in [0.29, 0.717) is 5.82 Å². The molecule has 2 aromatic rings. The summed E-state index contributed by atoms with van der Waals surface area (Å²) in [4.78, 5) is 25.5. The van der Waals surface area contributed by atoms with Gasteiger partial charge in [-0.3, -0.25) is 9.59 Å². The largest absolute Gasteiger partial charge is 0.324 e. The zero-order chi connectivity index (χ0) is 17.3. The van der Waals surface area contributed by atoms with Crippen LogP contribution in [0.4, 0.5) is 11.5 Å².